The molecule has 2 rings (SSSR count). The largest absolute Gasteiger partial charge is 0.488 e. The second-order valence-corrected chi connectivity index (χ2v) is 3.83. The molecule has 92 valence electrons. The fourth-order valence-electron chi connectivity index (χ4n) is 1.70. The number of nitrogens with one attached hydrogen (secondary N) is 1. The van der Waals surface area contributed by atoms with Crippen LogP contribution in [0.1, 0.15) is 16.1 Å². The summed E-state index contributed by atoms with van der Waals surface area (Å²) in [7, 11) is -1.54. The van der Waals surface area contributed by atoms with Crippen LogP contribution < -0.4 is 11.2 Å². The Hall–Kier alpha value is -2.19. The molecule has 1 heterocycles. The number of aryl methyl sites for hydroxylation is 1. The average molecular weight is 246 g/mol. The highest BCUT2D eigenvalue weighted by Crippen LogP contribution is 2.22. The second-order valence-electron chi connectivity index (χ2n) is 3.83. The average Bonchev–Trinajstić information content (AvgIpc) is 2.77. The van der Waals surface area contributed by atoms with E-state index >= 15 is 0 Å². The van der Waals surface area contributed by atoms with Gasteiger partial charge in [0, 0.05) is 5.56 Å². The molecule has 0 atom stereocenters. The summed E-state index contributed by atoms with van der Waals surface area (Å²) in [4.78, 5) is 11.2. The first kappa shape index (κ1) is 12.3. The molecule has 0 aliphatic heterocycles. The zero-order valence-corrected chi connectivity index (χ0v) is 9.58. The fourth-order valence-corrected chi connectivity index (χ4v) is 1.70. The van der Waals surface area contributed by atoms with E-state index in [4.69, 9.17) is 15.8 Å². The molecule has 0 aliphatic rings. The van der Waals surface area contributed by atoms with Gasteiger partial charge in [-0.1, -0.05) is 18.2 Å². The molecule has 0 fully saturated rings. The van der Waals surface area contributed by atoms with E-state index in [9.17, 15) is 4.79 Å². The van der Waals surface area contributed by atoms with Crippen LogP contribution in [0.3, 0.4) is 0 Å². The molecule has 0 saturated carbocycles. The molecule has 7 nitrogen and oxygen atoms in total. The quantitative estimate of drug-likeness (QED) is 0.493. The lowest BCUT2D eigenvalue weighted by molar-refractivity contribution is 0.0996. The Kier molecular flexibility index (Phi) is 3.13. The van der Waals surface area contributed by atoms with Crippen molar-refractivity contribution in [1.29, 1.82) is 0 Å². The molecule has 1 aromatic carbocycles. The van der Waals surface area contributed by atoms with Gasteiger partial charge < -0.3 is 15.8 Å². The number of nitrogens with zero attached hydrogens (tertiary/aromatic N) is 2. The molecule has 0 aliphatic carbocycles. The summed E-state index contributed by atoms with van der Waals surface area (Å²) in [6, 6.07) is 4.76. The van der Waals surface area contributed by atoms with Crippen LogP contribution in [0.15, 0.2) is 18.2 Å². The predicted molar refractivity (Wildman–Crippen MR) is 64.9 cm³/mol. The molecular formula is C10H11BN4O3. The van der Waals surface area contributed by atoms with Crippen molar-refractivity contribution in [2.24, 2.45) is 5.73 Å². The number of rotatable bonds is 3. The third-order valence-corrected chi connectivity index (χ3v) is 2.59. The third-order valence-electron chi connectivity index (χ3n) is 2.59. The number of aromatic amines is 1. The van der Waals surface area contributed by atoms with Crippen LogP contribution >= 0.6 is 0 Å². The van der Waals surface area contributed by atoms with Crippen molar-refractivity contribution in [1.82, 2.24) is 15.4 Å². The molecule has 0 bridgehead atoms. The molecule has 8 heteroatoms. The van der Waals surface area contributed by atoms with Crippen LogP contribution in [0.5, 0.6) is 0 Å². The number of H-pyrrole nitrogens is 1. The number of primary amides is 1. The number of aromatic nitrogens is 3. The summed E-state index contributed by atoms with van der Waals surface area (Å²) in [6.45, 7) is 1.76. The zero-order valence-electron chi connectivity index (χ0n) is 9.58. The first-order valence-corrected chi connectivity index (χ1v) is 5.18. The number of benzene rings is 1. The summed E-state index contributed by atoms with van der Waals surface area (Å²) in [5.41, 5.74) is 7.33. The number of amides is 1. The SMILES string of the molecule is Cc1cc(B(O)O)ccc1-c1n[nH]nc1C(N)=O. The number of carbonyl (C=O) groups excluding carboxylic acids is 1. The molecule has 2 aromatic rings. The number of hydrogen-bond donors (Lipinski definition) is 4. The Balaban J connectivity index is 2.51. The predicted octanol–water partition coefficient (Wildman–Crippen LogP) is -1.44. The van der Waals surface area contributed by atoms with Crippen LogP contribution in [-0.4, -0.2) is 38.5 Å². The van der Waals surface area contributed by atoms with Gasteiger partial charge in [-0.05, 0) is 17.9 Å². The number of hydrogen-bond acceptors (Lipinski definition) is 5. The van der Waals surface area contributed by atoms with Crippen molar-refractivity contribution >= 4 is 18.5 Å². The minimum atomic E-state index is -1.54. The van der Waals surface area contributed by atoms with Crippen molar-refractivity contribution in [3.8, 4) is 11.3 Å². The van der Waals surface area contributed by atoms with Crippen LogP contribution in [0.4, 0.5) is 0 Å². The van der Waals surface area contributed by atoms with Gasteiger partial charge in [-0.3, -0.25) is 4.79 Å². The van der Waals surface area contributed by atoms with Gasteiger partial charge in [0.25, 0.3) is 5.91 Å². The Morgan fingerprint density at radius 2 is 2.11 bits per heavy atom. The Bertz CT molecular complexity index is 597. The van der Waals surface area contributed by atoms with E-state index in [0.29, 0.717) is 16.7 Å². The van der Waals surface area contributed by atoms with Crippen molar-refractivity contribution in [2.45, 2.75) is 6.92 Å². The van der Waals surface area contributed by atoms with Gasteiger partial charge in [-0.15, -0.1) is 0 Å². The van der Waals surface area contributed by atoms with Crippen LogP contribution in [0.25, 0.3) is 11.3 Å². The van der Waals surface area contributed by atoms with Gasteiger partial charge in [0.05, 0.1) is 0 Å². The number of nitrogens with two attached hydrogens (primary N) is 1. The highest BCUT2D eigenvalue weighted by molar-refractivity contribution is 6.58. The van der Waals surface area contributed by atoms with Gasteiger partial charge in [0.15, 0.2) is 5.69 Å². The van der Waals surface area contributed by atoms with Gasteiger partial charge >= 0.3 is 7.12 Å². The summed E-state index contributed by atoms with van der Waals surface area (Å²) in [5, 5.41) is 28.0. The van der Waals surface area contributed by atoms with Crippen molar-refractivity contribution in [2.75, 3.05) is 0 Å². The monoisotopic (exact) mass is 246 g/mol. The van der Waals surface area contributed by atoms with E-state index in [1.807, 2.05) is 0 Å². The summed E-state index contributed by atoms with van der Waals surface area (Å²) in [6.07, 6.45) is 0. The van der Waals surface area contributed by atoms with Gasteiger partial charge in [-0.2, -0.15) is 15.4 Å². The normalized spacial score (nSPS) is 10.4. The maximum atomic E-state index is 11.2. The second kappa shape index (κ2) is 4.59. The lowest BCUT2D eigenvalue weighted by atomic mass is 9.79. The van der Waals surface area contributed by atoms with Gasteiger partial charge in [-0.25, -0.2) is 0 Å². The lowest BCUT2D eigenvalue weighted by Gasteiger charge is -2.06. The highest BCUT2D eigenvalue weighted by atomic mass is 16.4. The number of carbonyl (C=O) groups is 1. The lowest BCUT2D eigenvalue weighted by Crippen LogP contribution is -2.29. The molecule has 0 radical (unpaired) electrons. The minimum Gasteiger partial charge on any atom is -0.423 e. The molecule has 0 saturated heterocycles. The van der Waals surface area contributed by atoms with Gasteiger partial charge in [0.1, 0.15) is 5.69 Å². The first-order valence-electron chi connectivity index (χ1n) is 5.18. The van der Waals surface area contributed by atoms with Crippen molar-refractivity contribution in [3.05, 3.63) is 29.5 Å². The summed E-state index contributed by atoms with van der Waals surface area (Å²) >= 11 is 0. The Morgan fingerprint density at radius 3 is 2.67 bits per heavy atom. The molecule has 0 spiro atoms. The third kappa shape index (κ3) is 2.11. The maximum Gasteiger partial charge on any atom is 0.488 e. The zero-order chi connectivity index (χ0) is 13.3. The highest BCUT2D eigenvalue weighted by Gasteiger charge is 2.18. The topological polar surface area (TPSA) is 125 Å². The standard InChI is InChI=1S/C10H11BN4O3/c1-5-4-6(11(17)18)2-3-7(5)8-9(10(12)16)14-15-13-8/h2-4,17-18H,1H3,(H2,12,16)(H,13,14,15). The molecule has 1 amide bonds. The van der Waals surface area contributed by atoms with E-state index in [-0.39, 0.29) is 5.69 Å². The van der Waals surface area contributed by atoms with Crippen molar-refractivity contribution in [3.63, 3.8) is 0 Å². The molecule has 18 heavy (non-hydrogen) atoms. The van der Waals surface area contributed by atoms with E-state index in [2.05, 4.69) is 15.4 Å². The van der Waals surface area contributed by atoms with E-state index in [0.717, 1.165) is 5.56 Å². The Labute approximate surface area is 103 Å². The maximum absolute atomic E-state index is 11.2. The van der Waals surface area contributed by atoms with Crippen LogP contribution in [0.2, 0.25) is 0 Å². The van der Waals surface area contributed by atoms with Crippen LogP contribution in [0, 0.1) is 6.92 Å². The summed E-state index contributed by atoms with van der Waals surface area (Å²) < 4.78 is 0. The van der Waals surface area contributed by atoms with E-state index in [1.54, 1.807) is 19.1 Å². The molecule has 1 aromatic heterocycles. The van der Waals surface area contributed by atoms with Gasteiger partial charge in [0.2, 0.25) is 0 Å². The van der Waals surface area contributed by atoms with E-state index < -0.39 is 13.0 Å². The minimum absolute atomic E-state index is 0.0513. The first-order chi connectivity index (χ1) is 8.50. The molecule has 5 N–H and O–H groups in total. The van der Waals surface area contributed by atoms with Crippen molar-refractivity contribution < 1.29 is 14.8 Å². The van der Waals surface area contributed by atoms with E-state index in [1.165, 1.54) is 6.07 Å². The molecular weight excluding hydrogens is 235 g/mol. The van der Waals surface area contributed by atoms with Crippen LogP contribution in [-0.2, 0) is 0 Å². The smallest absolute Gasteiger partial charge is 0.423 e. The fraction of sp³-hybridized carbons (Fsp3) is 0.100. The molecule has 0 unspecified atom stereocenters. The Morgan fingerprint density at radius 1 is 1.39 bits per heavy atom. The summed E-state index contributed by atoms with van der Waals surface area (Å²) in [5.74, 6) is -0.676.